The predicted molar refractivity (Wildman–Crippen MR) is 86.8 cm³/mol. The van der Waals surface area contributed by atoms with Crippen LogP contribution in [-0.4, -0.2) is 41.8 Å². The molecule has 3 aromatic rings. The molecule has 0 aromatic carbocycles. The number of fused-ring (bicyclic) bond motifs is 3. The molecule has 0 amide bonds. The minimum Gasteiger partial charge on any atom is -0.475 e. The lowest BCUT2D eigenvalue weighted by Crippen LogP contribution is -2.21. The van der Waals surface area contributed by atoms with Gasteiger partial charge in [-0.25, -0.2) is 9.78 Å². The van der Waals surface area contributed by atoms with Crippen LogP contribution in [0.5, 0.6) is 0 Å². The number of hydrogen-bond donors (Lipinski definition) is 2. The van der Waals surface area contributed by atoms with Crippen LogP contribution in [0.2, 0.25) is 0 Å². The monoisotopic (exact) mass is 369 g/mol. The van der Waals surface area contributed by atoms with Gasteiger partial charge in [-0.1, -0.05) is 25.7 Å². The molecule has 1 aliphatic rings. The summed E-state index contributed by atoms with van der Waals surface area (Å²) in [4.78, 5) is 16.4. The minimum absolute atomic E-state index is 0.540. The molecule has 0 aliphatic heterocycles. The van der Waals surface area contributed by atoms with E-state index in [0.717, 1.165) is 22.6 Å². The maximum absolute atomic E-state index is 10.6. The number of aliphatic carboxylic acids is 1. The first-order valence-corrected chi connectivity index (χ1v) is 8.35. The third-order valence-electron chi connectivity index (χ3n) is 4.43. The van der Waals surface area contributed by atoms with Gasteiger partial charge >= 0.3 is 12.1 Å². The Hall–Kier alpha value is -2.65. The summed E-state index contributed by atoms with van der Waals surface area (Å²) in [5.41, 5.74) is 2.84. The molecule has 1 fully saturated rings. The van der Waals surface area contributed by atoms with E-state index in [4.69, 9.17) is 9.90 Å². The van der Waals surface area contributed by atoms with Crippen LogP contribution in [0.3, 0.4) is 0 Å². The van der Waals surface area contributed by atoms with E-state index in [0.29, 0.717) is 5.92 Å². The molecule has 0 radical (unpaired) electrons. The number of rotatable bonds is 1. The van der Waals surface area contributed by atoms with Crippen LogP contribution in [0.25, 0.3) is 16.8 Å². The van der Waals surface area contributed by atoms with Crippen LogP contribution in [0.15, 0.2) is 18.5 Å². The molecule has 4 rings (SSSR count). The van der Waals surface area contributed by atoms with E-state index in [9.17, 15) is 13.2 Å². The number of aromatic nitrogens is 5. The second kappa shape index (κ2) is 7.30. The zero-order chi connectivity index (χ0) is 18.7. The molecule has 1 aliphatic carbocycles. The summed E-state index contributed by atoms with van der Waals surface area (Å²) in [6.45, 7) is 0. The number of carboxylic acid groups (broad SMARTS) is 1. The van der Waals surface area contributed by atoms with Gasteiger partial charge in [0.2, 0.25) is 0 Å². The highest BCUT2D eigenvalue weighted by Crippen LogP contribution is 2.31. The summed E-state index contributed by atoms with van der Waals surface area (Å²) >= 11 is 0. The molecule has 0 atom stereocenters. The van der Waals surface area contributed by atoms with Crippen molar-refractivity contribution in [1.82, 2.24) is 24.6 Å². The summed E-state index contributed by atoms with van der Waals surface area (Å²) in [6, 6.07) is 2.05. The molecule has 2 N–H and O–H groups in total. The second-order valence-corrected chi connectivity index (χ2v) is 6.21. The number of carbonyl (C=O) groups is 1. The lowest BCUT2D eigenvalue weighted by molar-refractivity contribution is -0.192. The molecule has 140 valence electrons. The van der Waals surface area contributed by atoms with Crippen LogP contribution in [0.1, 0.15) is 50.3 Å². The Kier molecular flexibility index (Phi) is 5.10. The standard InChI is InChI=1S/C14H17N5.C2HF3O2/c1-2-4-6-10(5-3-1)14-18-17-12-9-16-13-11(19(12)14)7-8-15-13;3-2(4,5)1(6)7/h7-10,15H,1-6H2;(H,6,7). The van der Waals surface area contributed by atoms with Crippen molar-refractivity contribution in [2.45, 2.75) is 50.6 Å². The van der Waals surface area contributed by atoms with E-state index in [1.807, 2.05) is 6.20 Å². The first-order valence-electron chi connectivity index (χ1n) is 8.35. The molecular weight excluding hydrogens is 351 g/mol. The molecule has 26 heavy (non-hydrogen) atoms. The highest BCUT2D eigenvalue weighted by molar-refractivity contribution is 5.74. The van der Waals surface area contributed by atoms with E-state index in [1.165, 1.54) is 38.5 Å². The van der Waals surface area contributed by atoms with Crippen LogP contribution in [0, 0.1) is 0 Å². The molecule has 0 saturated heterocycles. The third kappa shape index (κ3) is 3.78. The van der Waals surface area contributed by atoms with Crippen molar-refractivity contribution >= 4 is 22.8 Å². The quantitative estimate of drug-likeness (QED) is 0.638. The van der Waals surface area contributed by atoms with Gasteiger partial charge in [0.25, 0.3) is 0 Å². The fourth-order valence-corrected chi connectivity index (χ4v) is 3.20. The van der Waals surface area contributed by atoms with Crippen molar-refractivity contribution in [3.05, 3.63) is 24.3 Å². The molecule has 10 heteroatoms. The number of H-pyrrole nitrogens is 1. The highest BCUT2D eigenvalue weighted by atomic mass is 19.4. The normalized spacial score (nSPS) is 16.3. The van der Waals surface area contributed by atoms with Crippen molar-refractivity contribution < 1.29 is 23.1 Å². The SMILES string of the molecule is O=C(O)C(F)(F)F.c1cc2c(ncc3nnc(C4CCCCCC4)n32)[nH]1. The smallest absolute Gasteiger partial charge is 0.475 e. The molecule has 0 unspecified atom stereocenters. The summed E-state index contributed by atoms with van der Waals surface area (Å²) in [7, 11) is 0. The lowest BCUT2D eigenvalue weighted by Gasteiger charge is -2.12. The molecule has 3 aromatic heterocycles. The van der Waals surface area contributed by atoms with Crippen LogP contribution >= 0.6 is 0 Å². The average Bonchev–Trinajstić information content (AvgIpc) is 3.13. The fourth-order valence-electron chi connectivity index (χ4n) is 3.20. The van der Waals surface area contributed by atoms with E-state index < -0.39 is 12.1 Å². The number of hydrogen-bond acceptors (Lipinski definition) is 4. The number of nitrogens with zero attached hydrogens (tertiary/aromatic N) is 4. The number of aromatic amines is 1. The molecule has 7 nitrogen and oxygen atoms in total. The van der Waals surface area contributed by atoms with Crippen molar-refractivity contribution in [3.63, 3.8) is 0 Å². The lowest BCUT2D eigenvalue weighted by atomic mass is 9.99. The van der Waals surface area contributed by atoms with Crippen LogP contribution in [-0.2, 0) is 4.79 Å². The van der Waals surface area contributed by atoms with Crippen LogP contribution < -0.4 is 0 Å². The van der Waals surface area contributed by atoms with E-state index in [1.54, 1.807) is 6.20 Å². The number of nitrogens with one attached hydrogen (secondary N) is 1. The van der Waals surface area contributed by atoms with Crippen molar-refractivity contribution in [3.8, 4) is 0 Å². The zero-order valence-electron chi connectivity index (χ0n) is 13.8. The Bertz CT molecular complexity index is 894. The van der Waals surface area contributed by atoms with Crippen molar-refractivity contribution in [1.29, 1.82) is 0 Å². The van der Waals surface area contributed by atoms with Gasteiger partial charge in [0.1, 0.15) is 5.82 Å². The Morgan fingerprint density at radius 2 is 1.85 bits per heavy atom. The van der Waals surface area contributed by atoms with Gasteiger partial charge in [-0.05, 0) is 18.9 Å². The van der Waals surface area contributed by atoms with E-state index in [-0.39, 0.29) is 0 Å². The largest absolute Gasteiger partial charge is 0.490 e. The summed E-state index contributed by atoms with van der Waals surface area (Å²) in [5, 5.41) is 15.9. The van der Waals surface area contributed by atoms with Gasteiger partial charge in [0, 0.05) is 12.1 Å². The number of alkyl halides is 3. The Morgan fingerprint density at radius 1 is 1.19 bits per heavy atom. The number of carboxylic acids is 1. The topological polar surface area (TPSA) is 96.2 Å². The molecule has 1 saturated carbocycles. The van der Waals surface area contributed by atoms with E-state index >= 15 is 0 Å². The molecule has 3 heterocycles. The fraction of sp³-hybridized carbons (Fsp3) is 0.500. The maximum Gasteiger partial charge on any atom is 0.490 e. The van der Waals surface area contributed by atoms with E-state index in [2.05, 4.69) is 30.6 Å². The van der Waals surface area contributed by atoms with Crippen LogP contribution in [0.4, 0.5) is 13.2 Å². The Morgan fingerprint density at radius 3 is 2.46 bits per heavy atom. The van der Waals surface area contributed by atoms with Gasteiger partial charge in [0.15, 0.2) is 11.3 Å². The summed E-state index contributed by atoms with van der Waals surface area (Å²) < 4.78 is 33.9. The Labute approximate surface area is 146 Å². The Balaban J connectivity index is 0.000000242. The summed E-state index contributed by atoms with van der Waals surface area (Å²) in [6.07, 6.45) is 6.43. The van der Waals surface area contributed by atoms with Crippen molar-refractivity contribution in [2.24, 2.45) is 0 Å². The van der Waals surface area contributed by atoms with Gasteiger partial charge in [-0.3, -0.25) is 4.40 Å². The molecule has 0 spiro atoms. The van der Waals surface area contributed by atoms with Gasteiger partial charge in [-0.15, -0.1) is 10.2 Å². The summed E-state index contributed by atoms with van der Waals surface area (Å²) in [5.74, 6) is -1.10. The minimum atomic E-state index is -5.08. The van der Waals surface area contributed by atoms with Gasteiger partial charge in [-0.2, -0.15) is 13.2 Å². The first kappa shape index (κ1) is 18.2. The maximum atomic E-state index is 10.6. The van der Waals surface area contributed by atoms with Gasteiger partial charge in [0.05, 0.1) is 11.7 Å². The highest BCUT2D eigenvalue weighted by Gasteiger charge is 2.38. The number of halogens is 3. The first-order chi connectivity index (χ1) is 12.4. The predicted octanol–water partition coefficient (Wildman–Crippen LogP) is 3.68. The molecular formula is C16H18F3N5O2. The molecule has 0 bridgehead atoms. The average molecular weight is 369 g/mol. The third-order valence-corrected chi connectivity index (χ3v) is 4.43. The second-order valence-electron chi connectivity index (χ2n) is 6.21. The van der Waals surface area contributed by atoms with Crippen molar-refractivity contribution in [2.75, 3.05) is 0 Å². The zero-order valence-corrected chi connectivity index (χ0v) is 13.8. The van der Waals surface area contributed by atoms with Gasteiger partial charge < -0.3 is 10.1 Å².